The standard InChI is InChI=1S/C14H26N4O3/c1-11(2)8-15-12(19)9-16-14(21)17(3)10-13(20)18-6-4-5-7-18/h11H,4-10H2,1-3H3,(H,15,19)(H,16,21). The third-order valence-electron chi connectivity index (χ3n) is 3.29. The Labute approximate surface area is 126 Å². The summed E-state index contributed by atoms with van der Waals surface area (Å²) in [5.41, 5.74) is 0. The zero-order chi connectivity index (χ0) is 15.8. The van der Waals surface area contributed by atoms with Gasteiger partial charge in [-0.1, -0.05) is 13.8 Å². The van der Waals surface area contributed by atoms with Gasteiger partial charge in [-0.3, -0.25) is 9.59 Å². The second-order valence-electron chi connectivity index (χ2n) is 5.80. The van der Waals surface area contributed by atoms with E-state index in [4.69, 9.17) is 0 Å². The molecule has 0 saturated carbocycles. The Balaban J connectivity index is 2.24. The van der Waals surface area contributed by atoms with Crippen LogP contribution in [0, 0.1) is 5.92 Å². The molecule has 1 heterocycles. The highest BCUT2D eigenvalue weighted by molar-refractivity contribution is 5.87. The van der Waals surface area contributed by atoms with E-state index < -0.39 is 6.03 Å². The van der Waals surface area contributed by atoms with Gasteiger partial charge < -0.3 is 20.4 Å². The number of likely N-dealkylation sites (N-methyl/N-ethyl adjacent to an activating group) is 1. The maximum atomic E-state index is 11.9. The van der Waals surface area contributed by atoms with Gasteiger partial charge in [-0.2, -0.15) is 0 Å². The van der Waals surface area contributed by atoms with E-state index in [1.54, 1.807) is 11.9 Å². The van der Waals surface area contributed by atoms with Crippen molar-refractivity contribution in [3.05, 3.63) is 0 Å². The predicted molar refractivity (Wildman–Crippen MR) is 79.7 cm³/mol. The fourth-order valence-corrected chi connectivity index (χ4v) is 2.01. The second-order valence-corrected chi connectivity index (χ2v) is 5.80. The third kappa shape index (κ3) is 6.46. The van der Waals surface area contributed by atoms with E-state index in [2.05, 4.69) is 10.6 Å². The van der Waals surface area contributed by atoms with E-state index in [0.29, 0.717) is 12.5 Å². The van der Waals surface area contributed by atoms with Crippen molar-refractivity contribution in [1.29, 1.82) is 0 Å². The number of carbonyl (C=O) groups is 3. The van der Waals surface area contributed by atoms with Crippen LogP contribution in [-0.2, 0) is 9.59 Å². The fourth-order valence-electron chi connectivity index (χ4n) is 2.01. The number of hydrogen-bond acceptors (Lipinski definition) is 3. The number of carbonyl (C=O) groups excluding carboxylic acids is 3. The summed E-state index contributed by atoms with van der Waals surface area (Å²) in [6.07, 6.45) is 2.05. The number of urea groups is 1. The molecule has 1 fully saturated rings. The average molecular weight is 298 g/mol. The molecule has 0 aromatic rings. The molecule has 1 rings (SSSR count). The topological polar surface area (TPSA) is 81.8 Å². The lowest BCUT2D eigenvalue weighted by atomic mass is 10.2. The van der Waals surface area contributed by atoms with Gasteiger partial charge in [0, 0.05) is 26.7 Å². The Morgan fingerprint density at radius 3 is 2.33 bits per heavy atom. The molecule has 0 bridgehead atoms. The van der Waals surface area contributed by atoms with Crippen LogP contribution < -0.4 is 10.6 Å². The molecule has 21 heavy (non-hydrogen) atoms. The van der Waals surface area contributed by atoms with Crippen LogP contribution in [0.5, 0.6) is 0 Å². The highest BCUT2D eigenvalue weighted by atomic mass is 16.2. The maximum absolute atomic E-state index is 11.9. The van der Waals surface area contributed by atoms with Crippen LogP contribution in [0.3, 0.4) is 0 Å². The zero-order valence-corrected chi connectivity index (χ0v) is 13.1. The van der Waals surface area contributed by atoms with Crippen LogP contribution in [0.4, 0.5) is 4.79 Å². The number of hydrogen-bond donors (Lipinski definition) is 2. The molecule has 0 unspecified atom stereocenters. The first-order chi connectivity index (χ1) is 9.90. The van der Waals surface area contributed by atoms with Gasteiger partial charge in [-0.25, -0.2) is 4.79 Å². The van der Waals surface area contributed by atoms with Gasteiger partial charge >= 0.3 is 6.03 Å². The van der Waals surface area contributed by atoms with E-state index in [1.165, 1.54) is 4.90 Å². The molecule has 1 saturated heterocycles. The second kappa shape index (κ2) is 8.49. The largest absolute Gasteiger partial charge is 0.354 e. The van der Waals surface area contributed by atoms with Gasteiger partial charge in [0.1, 0.15) is 6.54 Å². The zero-order valence-electron chi connectivity index (χ0n) is 13.1. The third-order valence-corrected chi connectivity index (χ3v) is 3.29. The van der Waals surface area contributed by atoms with Crippen LogP contribution in [0.15, 0.2) is 0 Å². The molecule has 1 aliphatic heterocycles. The Morgan fingerprint density at radius 2 is 1.76 bits per heavy atom. The summed E-state index contributed by atoms with van der Waals surface area (Å²) in [5.74, 6) is 0.0936. The summed E-state index contributed by atoms with van der Waals surface area (Å²) in [5, 5.41) is 5.22. The van der Waals surface area contributed by atoms with Crippen molar-refractivity contribution in [1.82, 2.24) is 20.4 Å². The molecule has 0 radical (unpaired) electrons. The number of nitrogens with zero attached hydrogens (tertiary/aromatic N) is 2. The summed E-state index contributed by atoms with van der Waals surface area (Å²) in [4.78, 5) is 38.3. The van der Waals surface area contributed by atoms with Crippen LogP contribution in [0.2, 0.25) is 0 Å². The van der Waals surface area contributed by atoms with Crippen molar-refractivity contribution >= 4 is 17.8 Å². The highest BCUT2D eigenvalue weighted by Gasteiger charge is 2.21. The van der Waals surface area contributed by atoms with Gasteiger partial charge in [0.2, 0.25) is 11.8 Å². The van der Waals surface area contributed by atoms with Crippen molar-refractivity contribution < 1.29 is 14.4 Å². The molecule has 7 nitrogen and oxygen atoms in total. The van der Waals surface area contributed by atoms with Crippen LogP contribution in [0.25, 0.3) is 0 Å². The Kier molecular flexibility index (Phi) is 6.98. The normalized spacial score (nSPS) is 14.2. The van der Waals surface area contributed by atoms with Gasteiger partial charge in [0.15, 0.2) is 0 Å². The molecule has 2 N–H and O–H groups in total. The summed E-state index contributed by atoms with van der Waals surface area (Å²) >= 11 is 0. The fraction of sp³-hybridized carbons (Fsp3) is 0.786. The minimum atomic E-state index is -0.415. The van der Waals surface area contributed by atoms with Crippen LogP contribution in [-0.4, -0.2) is 67.4 Å². The molecule has 1 aliphatic rings. The van der Waals surface area contributed by atoms with Gasteiger partial charge in [-0.05, 0) is 18.8 Å². The molecule has 120 valence electrons. The summed E-state index contributed by atoms with van der Waals surface area (Å²) in [7, 11) is 1.55. The number of likely N-dealkylation sites (tertiary alicyclic amines) is 1. The monoisotopic (exact) mass is 298 g/mol. The lowest BCUT2D eigenvalue weighted by molar-refractivity contribution is -0.130. The molecule has 0 aromatic carbocycles. The average Bonchev–Trinajstić information content (AvgIpc) is 2.96. The van der Waals surface area contributed by atoms with E-state index in [1.807, 2.05) is 13.8 Å². The number of amides is 4. The smallest absolute Gasteiger partial charge is 0.318 e. The molecule has 0 aliphatic carbocycles. The summed E-state index contributed by atoms with van der Waals surface area (Å²) < 4.78 is 0. The lowest BCUT2D eigenvalue weighted by Gasteiger charge is -2.21. The first kappa shape index (κ1) is 17.3. The first-order valence-electron chi connectivity index (χ1n) is 7.43. The van der Waals surface area contributed by atoms with E-state index in [9.17, 15) is 14.4 Å². The number of rotatable bonds is 6. The molecular formula is C14H26N4O3. The summed E-state index contributed by atoms with van der Waals surface area (Å²) in [6.45, 7) is 6.08. The molecule has 4 amide bonds. The number of nitrogens with one attached hydrogen (secondary N) is 2. The quantitative estimate of drug-likeness (QED) is 0.725. The molecule has 0 spiro atoms. The van der Waals surface area contributed by atoms with E-state index >= 15 is 0 Å². The Hall–Kier alpha value is -1.79. The van der Waals surface area contributed by atoms with Crippen molar-refractivity contribution in [3.63, 3.8) is 0 Å². The maximum Gasteiger partial charge on any atom is 0.318 e. The van der Waals surface area contributed by atoms with E-state index in [-0.39, 0.29) is 24.9 Å². The van der Waals surface area contributed by atoms with E-state index in [0.717, 1.165) is 25.9 Å². The van der Waals surface area contributed by atoms with Gasteiger partial charge in [0.05, 0.1) is 6.54 Å². The minimum absolute atomic E-state index is 0.0411. The Bertz CT molecular complexity index is 378. The first-order valence-corrected chi connectivity index (χ1v) is 7.43. The molecular weight excluding hydrogens is 272 g/mol. The highest BCUT2D eigenvalue weighted by Crippen LogP contribution is 2.07. The van der Waals surface area contributed by atoms with Crippen molar-refractivity contribution in [2.24, 2.45) is 5.92 Å². The SMILES string of the molecule is CC(C)CNC(=O)CNC(=O)N(C)CC(=O)N1CCCC1. The van der Waals surface area contributed by atoms with Crippen molar-refractivity contribution in [2.75, 3.05) is 39.8 Å². The van der Waals surface area contributed by atoms with Gasteiger partial charge in [-0.15, -0.1) is 0 Å². The van der Waals surface area contributed by atoms with Crippen LogP contribution in [0.1, 0.15) is 26.7 Å². The van der Waals surface area contributed by atoms with Gasteiger partial charge in [0.25, 0.3) is 0 Å². The molecule has 7 heteroatoms. The Morgan fingerprint density at radius 1 is 1.14 bits per heavy atom. The van der Waals surface area contributed by atoms with Crippen molar-refractivity contribution in [2.45, 2.75) is 26.7 Å². The van der Waals surface area contributed by atoms with Crippen LogP contribution >= 0.6 is 0 Å². The molecule has 0 atom stereocenters. The summed E-state index contributed by atoms with van der Waals surface area (Å²) in [6, 6.07) is -0.415. The van der Waals surface area contributed by atoms with Crippen molar-refractivity contribution in [3.8, 4) is 0 Å². The minimum Gasteiger partial charge on any atom is -0.354 e. The predicted octanol–water partition coefficient (Wildman–Crippen LogP) is 0.0224. The lowest BCUT2D eigenvalue weighted by Crippen LogP contribution is -2.46. The molecule has 0 aromatic heterocycles.